The Balaban J connectivity index is 2.83. The van der Waals surface area contributed by atoms with Gasteiger partial charge in [0.1, 0.15) is 0 Å². The Hall–Kier alpha value is -0.580. The predicted octanol–water partition coefficient (Wildman–Crippen LogP) is 2.59. The van der Waals surface area contributed by atoms with Crippen LogP contribution in [0.15, 0.2) is 0 Å². The number of aromatic nitrogens is 2. The molecule has 0 amide bonds. The molecule has 0 aliphatic carbocycles. The molecule has 0 spiro atoms. The molecule has 0 bridgehead atoms. The summed E-state index contributed by atoms with van der Waals surface area (Å²) in [7, 11) is 4.23. The molecule has 20 heavy (non-hydrogen) atoms. The van der Waals surface area contributed by atoms with Gasteiger partial charge in [-0.2, -0.15) is 5.10 Å². The maximum Gasteiger partial charge on any atom is 0.0850 e. The number of aryl methyl sites for hydroxylation is 2. The van der Waals surface area contributed by atoms with E-state index < -0.39 is 0 Å². The molecule has 0 saturated heterocycles. The second kappa shape index (κ2) is 8.65. The Bertz CT molecular complexity index is 401. The van der Waals surface area contributed by atoms with E-state index in [4.69, 9.17) is 11.6 Å². The van der Waals surface area contributed by atoms with Gasteiger partial charge in [0, 0.05) is 19.0 Å². The molecule has 0 fully saturated rings. The van der Waals surface area contributed by atoms with Crippen molar-refractivity contribution in [1.82, 2.24) is 20.0 Å². The van der Waals surface area contributed by atoms with Crippen molar-refractivity contribution in [2.24, 2.45) is 0 Å². The van der Waals surface area contributed by atoms with Gasteiger partial charge in [0.25, 0.3) is 0 Å². The van der Waals surface area contributed by atoms with Gasteiger partial charge in [-0.15, -0.1) is 0 Å². The molecule has 0 aliphatic heterocycles. The van der Waals surface area contributed by atoms with Crippen molar-refractivity contribution in [1.29, 1.82) is 0 Å². The van der Waals surface area contributed by atoms with Crippen LogP contribution in [0, 0.1) is 0 Å². The Morgan fingerprint density at radius 2 is 2.00 bits per heavy atom. The lowest BCUT2D eigenvalue weighted by Crippen LogP contribution is -2.34. The zero-order chi connectivity index (χ0) is 15.1. The number of halogens is 1. The summed E-state index contributed by atoms with van der Waals surface area (Å²) in [6.07, 6.45) is 2.96. The third-order valence-electron chi connectivity index (χ3n) is 3.55. The van der Waals surface area contributed by atoms with E-state index in [-0.39, 0.29) is 0 Å². The lowest BCUT2D eigenvalue weighted by Gasteiger charge is -2.20. The standard InChI is InChI=1S/C15H29ClN4/c1-6-13-15(16)14(20(8-3)18-13)11-12(17-7-2)9-10-19(4)5/h12,17H,6-11H2,1-5H3. The minimum atomic E-state index is 0.451. The molecule has 0 aromatic carbocycles. The molecule has 1 N–H and O–H groups in total. The van der Waals surface area contributed by atoms with E-state index >= 15 is 0 Å². The largest absolute Gasteiger partial charge is 0.314 e. The number of hydrogen-bond acceptors (Lipinski definition) is 3. The quantitative estimate of drug-likeness (QED) is 0.761. The van der Waals surface area contributed by atoms with Crippen LogP contribution < -0.4 is 5.32 Å². The predicted molar refractivity (Wildman–Crippen MR) is 86.6 cm³/mol. The fraction of sp³-hybridized carbons (Fsp3) is 0.800. The van der Waals surface area contributed by atoms with Gasteiger partial charge in [-0.25, -0.2) is 0 Å². The van der Waals surface area contributed by atoms with Crippen molar-refractivity contribution in [2.45, 2.75) is 52.6 Å². The summed E-state index contributed by atoms with van der Waals surface area (Å²) in [5.41, 5.74) is 2.20. The zero-order valence-corrected chi connectivity index (χ0v) is 14.3. The van der Waals surface area contributed by atoms with Crippen LogP contribution in [0.25, 0.3) is 0 Å². The van der Waals surface area contributed by atoms with Crippen LogP contribution in [0.5, 0.6) is 0 Å². The zero-order valence-electron chi connectivity index (χ0n) is 13.5. The lowest BCUT2D eigenvalue weighted by molar-refractivity contribution is 0.355. The summed E-state index contributed by atoms with van der Waals surface area (Å²) in [6.45, 7) is 9.31. The summed E-state index contributed by atoms with van der Waals surface area (Å²) < 4.78 is 2.06. The highest BCUT2D eigenvalue weighted by atomic mass is 35.5. The van der Waals surface area contributed by atoms with Crippen LogP contribution in [-0.2, 0) is 19.4 Å². The topological polar surface area (TPSA) is 33.1 Å². The van der Waals surface area contributed by atoms with Crippen LogP contribution in [0.2, 0.25) is 5.02 Å². The molecule has 1 unspecified atom stereocenters. The van der Waals surface area contributed by atoms with Gasteiger partial charge in [0.05, 0.1) is 16.4 Å². The van der Waals surface area contributed by atoms with Gasteiger partial charge in [-0.1, -0.05) is 25.4 Å². The first-order chi connectivity index (χ1) is 9.53. The summed E-state index contributed by atoms with van der Waals surface area (Å²) in [6, 6.07) is 0.451. The third kappa shape index (κ3) is 4.76. The van der Waals surface area contributed by atoms with E-state index in [0.29, 0.717) is 6.04 Å². The van der Waals surface area contributed by atoms with E-state index in [2.05, 4.69) is 54.9 Å². The average molecular weight is 301 g/mol. The van der Waals surface area contributed by atoms with Crippen molar-refractivity contribution in [3.63, 3.8) is 0 Å². The number of hydrogen-bond donors (Lipinski definition) is 1. The van der Waals surface area contributed by atoms with Gasteiger partial charge in [0.2, 0.25) is 0 Å². The van der Waals surface area contributed by atoms with E-state index in [1.807, 2.05) is 0 Å². The Kier molecular flexibility index (Phi) is 7.56. The second-order valence-corrected chi connectivity index (χ2v) is 5.81. The molecule has 5 heteroatoms. The molecule has 1 heterocycles. The minimum absolute atomic E-state index is 0.451. The molecule has 0 aliphatic rings. The molecule has 1 aromatic heterocycles. The van der Waals surface area contributed by atoms with Crippen molar-refractivity contribution in [3.05, 3.63) is 16.4 Å². The van der Waals surface area contributed by atoms with Crippen LogP contribution in [0.4, 0.5) is 0 Å². The molecule has 1 aromatic rings. The molecule has 0 radical (unpaired) electrons. The van der Waals surface area contributed by atoms with Gasteiger partial charge in [0.15, 0.2) is 0 Å². The highest BCUT2D eigenvalue weighted by Crippen LogP contribution is 2.23. The van der Waals surface area contributed by atoms with E-state index in [0.717, 1.165) is 49.6 Å². The summed E-state index contributed by atoms with van der Waals surface area (Å²) in [5.74, 6) is 0. The molecule has 4 nitrogen and oxygen atoms in total. The first-order valence-corrected chi connectivity index (χ1v) is 8.03. The highest BCUT2D eigenvalue weighted by Gasteiger charge is 2.18. The van der Waals surface area contributed by atoms with Crippen LogP contribution in [0.1, 0.15) is 38.6 Å². The SMILES string of the molecule is CCNC(CCN(C)C)Cc1c(Cl)c(CC)nn1CC. The van der Waals surface area contributed by atoms with Gasteiger partial charge >= 0.3 is 0 Å². The third-order valence-corrected chi connectivity index (χ3v) is 3.99. The van der Waals surface area contributed by atoms with Crippen molar-refractivity contribution in [3.8, 4) is 0 Å². The normalized spacial score (nSPS) is 13.2. The number of rotatable bonds is 9. The van der Waals surface area contributed by atoms with Gasteiger partial charge < -0.3 is 10.2 Å². The lowest BCUT2D eigenvalue weighted by atomic mass is 10.1. The van der Waals surface area contributed by atoms with Crippen molar-refractivity contribution in [2.75, 3.05) is 27.2 Å². The smallest absolute Gasteiger partial charge is 0.0850 e. The fourth-order valence-corrected chi connectivity index (χ4v) is 2.77. The monoisotopic (exact) mass is 300 g/mol. The first kappa shape index (κ1) is 17.5. The van der Waals surface area contributed by atoms with Crippen molar-refractivity contribution < 1.29 is 0 Å². The maximum atomic E-state index is 6.49. The molecular formula is C15H29ClN4. The minimum Gasteiger partial charge on any atom is -0.314 e. The van der Waals surface area contributed by atoms with Crippen molar-refractivity contribution >= 4 is 11.6 Å². The summed E-state index contributed by atoms with van der Waals surface area (Å²) in [5, 5.41) is 9.03. The second-order valence-electron chi connectivity index (χ2n) is 5.43. The molecule has 1 atom stereocenters. The Morgan fingerprint density at radius 1 is 1.30 bits per heavy atom. The first-order valence-electron chi connectivity index (χ1n) is 7.65. The Morgan fingerprint density at radius 3 is 2.50 bits per heavy atom. The van der Waals surface area contributed by atoms with Crippen LogP contribution in [0.3, 0.4) is 0 Å². The molecule has 116 valence electrons. The molecule has 0 saturated carbocycles. The van der Waals surface area contributed by atoms with E-state index in [1.54, 1.807) is 0 Å². The molecule has 1 rings (SSSR count). The van der Waals surface area contributed by atoms with Crippen LogP contribution in [-0.4, -0.2) is 47.9 Å². The van der Waals surface area contributed by atoms with Crippen LogP contribution >= 0.6 is 11.6 Å². The fourth-order valence-electron chi connectivity index (χ4n) is 2.42. The average Bonchev–Trinajstić information content (AvgIpc) is 2.72. The Labute approximate surface area is 128 Å². The molecular weight excluding hydrogens is 272 g/mol. The van der Waals surface area contributed by atoms with Gasteiger partial charge in [-0.05, 0) is 47.0 Å². The summed E-state index contributed by atoms with van der Waals surface area (Å²) in [4.78, 5) is 2.22. The highest BCUT2D eigenvalue weighted by molar-refractivity contribution is 6.31. The number of nitrogens with zero attached hydrogens (tertiary/aromatic N) is 3. The van der Waals surface area contributed by atoms with E-state index in [1.165, 1.54) is 5.69 Å². The number of likely N-dealkylation sites (N-methyl/N-ethyl adjacent to an activating group) is 1. The maximum absolute atomic E-state index is 6.49. The number of nitrogens with one attached hydrogen (secondary N) is 1. The summed E-state index contributed by atoms with van der Waals surface area (Å²) >= 11 is 6.49. The van der Waals surface area contributed by atoms with E-state index in [9.17, 15) is 0 Å². The van der Waals surface area contributed by atoms with Gasteiger partial charge in [-0.3, -0.25) is 4.68 Å².